The van der Waals surface area contributed by atoms with Crippen LogP contribution >= 0.6 is 11.3 Å². The Labute approximate surface area is 89.6 Å². The number of nitrogens with two attached hydrogens (primary N) is 1. The van der Waals surface area contributed by atoms with Gasteiger partial charge in [-0.25, -0.2) is 0 Å². The van der Waals surface area contributed by atoms with E-state index in [4.69, 9.17) is 5.73 Å². The molecule has 0 saturated heterocycles. The van der Waals surface area contributed by atoms with Crippen LogP contribution in [0.2, 0.25) is 0 Å². The van der Waals surface area contributed by atoms with E-state index in [9.17, 15) is 0 Å². The third kappa shape index (κ3) is 2.46. The van der Waals surface area contributed by atoms with Gasteiger partial charge in [0.05, 0.1) is 0 Å². The lowest BCUT2D eigenvalue weighted by Gasteiger charge is -2.18. The Balaban J connectivity index is 1.95. The summed E-state index contributed by atoms with van der Waals surface area (Å²) in [4.78, 5) is 1.41. The highest BCUT2D eigenvalue weighted by molar-refractivity contribution is 7.09. The monoisotopic (exact) mass is 207 g/mol. The van der Waals surface area contributed by atoms with Crippen LogP contribution in [0.3, 0.4) is 0 Å². The van der Waals surface area contributed by atoms with E-state index in [1.165, 1.54) is 36.1 Å². The molecule has 2 heteroatoms. The fourth-order valence-electron chi connectivity index (χ4n) is 1.98. The minimum atomic E-state index is 0.258. The molecule has 1 atom stereocenters. The Morgan fingerprint density at radius 3 is 3.00 bits per heavy atom. The van der Waals surface area contributed by atoms with Crippen molar-refractivity contribution < 1.29 is 0 Å². The van der Waals surface area contributed by atoms with Crippen LogP contribution in [0.25, 0.3) is 0 Å². The van der Waals surface area contributed by atoms with Crippen molar-refractivity contribution >= 4 is 11.3 Å². The molecule has 0 radical (unpaired) electrons. The van der Waals surface area contributed by atoms with Crippen molar-refractivity contribution in [1.82, 2.24) is 0 Å². The Kier molecular flexibility index (Phi) is 3.38. The van der Waals surface area contributed by atoms with Gasteiger partial charge in [-0.3, -0.25) is 0 Å². The Morgan fingerprint density at radius 1 is 1.43 bits per heavy atom. The van der Waals surface area contributed by atoms with Crippen molar-refractivity contribution in [2.24, 2.45) is 5.73 Å². The molecule has 1 heterocycles. The minimum Gasteiger partial charge on any atom is -0.324 e. The van der Waals surface area contributed by atoms with Gasteiger partial charge in [-0.05, 0) is 37.1 Å². The number of thiophene rings is 1. The normalized spacial score (nSPS) is 19.1. The van der Waals surface area contributed by atoms with Gasteiger partial charge in [-0.15, -0.1) is 11.3 Å². The van der Waals surface area contributed by atoms with Gasteiger partial charge >= 0.3 is 0 Å². The number of rotatable bonds is 3. The zero-order valence-electron chi connectivity index (χ0n) is 8.41. The van der Waals surface area contributed by atoms with Crippen molar-refractivity contribution in [3.8, 4) is 0 Å². The maximum absolute atomic E-state index is 6.18. The Hall–Kier alpha value is -0.600. The van der Waals surface area contributed by atoms with Crippen LogP contribution < -0.4 is 5.73 Å². The number of hydrogen-bond donors (Lipinski definition) is 1. The van der Waals surface area contributed by atoms with Gasteiger partial charge in [0.25, 0.3) is 0 Å². The van der Waals surface area contributed by atoms with E-state index in [2.05, 4.69) is 23.6 Å². The van der Waals surface area contributed by atoms with Crippen LogP contribution in [0.4, 0.5) is 0 Å². The summed E-state index contributed by atoms with van der Waals surface area (Å²) in [7, 11) is 0. The van der Waals surface area contributed by atoms with Gasteiger partial charge in [0, 0.05) is 17.3 Å². The van der Waals surface area contributed by atoms with Crippen molar-refractivity contribution in [2.75, 3.05) is 0 Å². The summed E-state index contributed by atoms with van der Waals surface area (Å²) in [6.07, 6.45) is 8.48. The first-order valence-electron chi connectivity index (χ1n) is 5.33. The zero-order chi connectivity index (χ0) is 9.80. The first-order chi connectivity index (χ1) is 6.86. The molecule has 1 aliphatic rings. The highest BCUT2D eigenvalue weighted by Gasteiger charge is 2.12. The predicted molar refractivity (Wildman–Crippen MR) is 62.5 cm³/mol. The van der Waals surface area contributed by atoms with Gasteiger partial charge < -0.3 is 5.73 Å². The molecule has 76 valence electrons. The fourth-order valence-corrected chi connectivity index (χ4v) is 2.74. The zero-order valence-corrected chi connectivity index (χ0v) is 9.22. The van der Waals surface area contributed by atoms with E-state index in [1.807, 2.05) is 11.3 Å². The second-order valence-electron chi connectivity index (χ2n) is 3.91. The van der Waals surface area contributed by atoms with Gasteiger partial charge in [0.15, 0.2) is 0 Å². The summed E-state index contributed by atoms with van der Waals surface area (Å²) in [5.74, 6) is 0. The topological polar surface area (TPSA) is 26.0 Å². The summed E-state index contributed by atoms with van der Waals surface area (Å²) in [5.41, 5.74) is 7.65. The van der Waals surface area contributed by atoms with Crippen LogP contribution in [0.5, 0.6) is 0 Å². The lowest BCUT2D eigenvalue weighted by molar-refractivity contribution is 0.632. The Bertz CT molecular complexity index is 300. The van der Waals surface area contributed by atoms with Crippen molar-refractivity contribution in [2.45, 2.75) is 38.1 Å². The number of allylic oxidation sites excluding steroid dienone is 1. The summed E-state index contributed by atoms with van der Waals surface area (Å²) >= 11 is 1.81. The molecule has 0 aromatic carbocycles. The summed E-state index contributed by atoms with van der Waals surface area (Å²) in [5, 5.41) is 2.12. The van der Waals surface area contributed by atoms with Crippen molar-refractivity contribution in [3.05, 3.63) is 34.0 Å². The molecule has 0 aliphatic heterocycles. The van der Waals surface area contributed by atoms with Crippen LogP contribution in [-0.2, 0) is 6.42 Å². The average molecular weight is 207 g/mol. The summed E-state index contributed by atoms with van der Waals surface area (Å²) in [6.45, 7) is 0. The average Bonchev–Trinajstić information content (AvgIpc) is 2.72. The molecule has 0 saturated carbocycles. The molecule has 2 N–H and O–H groups in total. The van der Waals surface area contributed by atoms with E-state index < -0.39 is 0 Å². The van der Waals surface area contributed by atoms with Crippen molar-refractivity contribution in [1.29, 1.82) is 0 Å². The molecule has 1 aromatic heterocycles. The third-order valence-electron chi connectivity index (χ3n) is 2.80. The van der Waals surface area contributed by atoms with Gasteiger partial charge in [0.2, 0.25) is 0 Å². The van der Waals surface area contributed by atoms with E-state index in [0.717, 1.165) is 6.42 Å². The lowest BCUT2D eigenvalue weighted by Crippen LogP contribution is -2.25. The van der Waals surface area contributed by atoms with E-state index in [1.54, 1.807) is 0 Å². The molecule has 0 amide bonds. The third-order valence-corrected chi connectivity index (χ3v) is 3.70. The molecule has 1 aliphatic carbocycles. The molecular weight excluding hydrogens is 190 g/mol. The number of hydrogen-bond acceptors (Lipinski definition) is 2. The highest BCUT2D eigenvalue weighted by atomic mass is 32.1. The molecule has 14 heavy (non-hydrogen) atoms. The lowest BCUT2D eigenvalue weighted by atomic mass is 9.92. The molecule has 0 spiro atoms. The molecule has 1 aromatic rings. The maximum Gasteiger partial charge on any atom is 0.0302 e. The minimum absolute atomic E-state index is 0.258. The molecular formula is C12H17NS. The highest BCUT2D eigenvalue weighted by Crippen LogP contribution is 2.22. The summed E-state index contributed by atoms with van der Waals surface area (Å²) in [6, 6.07) is 4.53. The van der Waals surface area contributed by atoms with Crippen LogP contribution in [0.1, 0.15) is 30.6 Å². The summed E-state index contributed by atoms with van der Waals surface area (Å²) < 4.78 is 0. The smallest absolute Gasteiger partial charge is 0.0302 e. The first kappa shape index (κ1) is 9.94. The molecule has 2 rings (SSSR count). The molecule has 0 bridgehead atoms. The molecule has 1 unspecified atom stereocenters. The second-order valence-corrected chi connectivity index (χ2v) is 4.95. The standard InChI is InChI=1S/C12H17NS/c13-12(9-11-7-4-8-14-11)10-5-2-1-3-6-10/h4-5,7-8,12H,1-3,6,9,13H2. The second kappa shape index (κ2) is 4.76. The molecule has 0 fully saturated rings. The van der Waals surface area contributed by atoms with Crippen molar-refractivity contribution in [3.63, 3.8) is 0 Å². The van der Waals surface area contributed by atoms with E-state index in [0.29, 0.717) is 0 Å². The van der Waals surface area contributed by atoms with Crippen LogP contribution in [-0.4, -0.2) is 6.04 Å². The fraction of sp³-hybridized carbons (Fsp3) is 0.500. The van der Waals surface area contributed by atoms with Crippen LogP contribution in [0.15, 0.2) is 29.2 Å². The van der Waals surface area contributed by atoms with Gasteiger partial charge in [-0.2, -0.15) is 0 Å². The van der Waals surface area contributed by atoms with Gasteiger partial charge in [0.1, 0.15) is 0 Å². The van der Waals surface area contributed by atoms with E-state index in [-0.39, 0.29) is 6.04 Å². The quantitative estimate of drug-likeness (QED) is 0.757. The maximum atomic E-state index is 6.18. The molecule has 1 nitrogen and oxygen atoms in total. The van der Waals surface area contributed by atoms with Crippen LogP contribution in [0, 0.1) is 0 Å². The largest absolute Gasteiger partial charge is 0.324 e. The first-order valence-corrected chi connectivity index (χ1v) is 6.21. The van der Waals surface area contributed by atoms with Gasteiger partial charge in [-0.1, -0.05) is 17.7 Å². The van der Waals surface area contributed by atoms with E-state index >= 15 is 0 Å². The Morgan fingerprint density at radius 2 is 2.36 bits per heavy atom. The SMILES string of the molecule is NC(Cc1cccs1)C1=CCCCC1. The predicted octanol–water partition coefficient (Wildman–Crippen LogP) is 3.12.